The van der Waals surface area contributed by atoms with E-state index in [-0.39, 0.29) is 12.2 Å². The van der Waals surface area contributed by atoms with Gasteiger partial charge in [0.2, 0.25) is 0 Å². The van der Waals surface area contributed by atoms with E-state index in [0.717, 1.165) is 17.7 Å². The zero-order chi connectivity index (χ0) is 15.6. The predicted octanol–water partition coefficient (Wildman–Crippen LogP) is 3.27. The molecular weight excluding hydrogens is 281 g/mol. The highest BCUT2D eigenvalue weighted by atomic mass is 19.4. The summed E-state index contributed by atoms with van der Waals surface area (Å²) in [5, 5.41) is 10.2. The van der Waals surface area contributed by atoms with Gasteiger partial charge in [-0.2, -0.15) is 13.2 Å². The van der Waals surface area contributed by atoms with E-state index >= 15 is 0 Å². The van der Waals surface area contributed by atoms with Crippen molar-refractivity contribution in [3.8, 4) is 0 Å². The molecule has 0 saturated carbocycles. The number of hydrogen-bond acceptors (Lipinski definition) is 3. The van der Waals surface area contributed by atoms with E-state index < -0.39 is 17.8 Å². The first-order chi connectivity index (χ1) is 9.79. The lowest BCUT2D eigenvalue weighted by molar-refractivity contribution is -0.137. The number of aryl methyl sites for hydroxylation is 1. The van der Waals surface area contributed by atoms with Gasteiger partial charge < -0.3 is 10.8 Å². The van der Waals surface area contributed by atoms with Crippen LogP contribution in [0.3, 0.4) is 0 Å². The zero-order valence-corrected chi connectivity index (χ0v) is 11.4. The average Bonchev–Trinajstić information content (AvgIpc) is 2.37. The van der Waals surface area contributed by atoms with Gasteiger partial charge in [-0.05, 0) is 30.2 Å². The number of benzene rings is 1. The molecule has 0 aliphatic heterocycles. The molecule has 0 saturated heterocycles. The molecular formula is C15H15F3N2O. The number of alkyl halides is 3. The number of pyridine rings is 1. The van der Waals surface area contributed by atoms with Gasteiger partial charge in [-0.25, -0.2) is 4.98 Å². The fourth-order valence-electron chi connectivity index (χ4n) is 2.22. The van der Waals surface area contributed by atoms with Crippen molar-refractivity contribution in [2.24, 2.45) is 0 Å². The highest BCUT2D eigenvalue weighted by Crippen LogP contribution is 2.31. The maximum absolute atomic E-state index is 12.7. The summed E-state index contributed by atoms with van der Waals surface area (Å²) in [6, 6.07) is 6.59. The van der Waals surface area contributed by atoms with Gasteiger partial charge in [-0.3, -0.25) is 0 Å². The predicted molar refractivity (Wildman–Crippen MR) is 73.5 cm³/mol. The minimum absolute atomic E-state index is 0.0423. The third kappa shape index (κ3) is 3.52. The van der Waals surface area contributed by atoms with E-state index in [4.69, 9.17) is 5.73 Å². The van der Waals surface area contributed by atoms with Crippen molar-refractivity contribution in [2.75, 3.05) is 5.73 Å². The van der Waals surface area contributed by atoms with Crippen molar-refractivity contribution in [3.63, 3.8) is 0 Å². The largest absolute Gasteiger partial charge is 0.416 e. The molecule has 3 N–H and O–H groups in total. The number of aliphatic hydroxyl groups is 1. The van der Waals surface area contributed by atoms with Crippen LogP contribution < -0.4 is 5.73 Å². The molecule has 0 aliphatic rings. The molecule has 3 nitrogen and oxygen atoms in total. The van der Waals surface area contributed by atoms with Crippen LogP contribution in [0.25, 0.3) is 0 Å². The van der Waals surface area contributed by atoms with Gasteiger partial charge >= 0.3 is 6.18 Å². The van der Waals surface area contributed by atoms with Gasteiger partial charge in [0.25, 0.3) is 0 Å². The number of rotatable bonds is 3. The maximum Gasteiger partial charge on any atom is 0.416 e. The zero-order valence-electron chi connectivity index (χ0n) is 11.4. The van der Waals surface area contributed by atoms with Crippen molar-refractivity contribution in [2.45, 2.75) is 25.6 Å². The van der Waals surface area contributed by atoms with Crippen molar-refractivity contribution >= 4 is 5.82 Å². The van der Waals surface area contributed by atoms with Crippen LogP contribution in [-0.4, -0.2) is 10.1 Å². The molecule has 0 amide bonds. The van der Waals surface area contributed by atoms with Gasteiger partial charge in [0.15, 0.2) is 0 Å². The average molecular weight is 296 g/mol. The van der Waals surface area contributed by atoms with Gasteiger partial charge in [-0.1, -0.05) is 18.2 Å². The molecule has 2 aromatic rings. The Morgan fingerprint density at radius 2 is 2.00 bits per heavy atom. The SMILES string of the molecule is Cc1ccnc(N)c1C(O)Cc1cccc(C(F)(F)F)c1. The molecule has 0 fully saturated rings. The van der Waals surface area contributed by atoms with Crippen molar-refractivity contribution in [1.82, 2.24) is 4.98 Å². The van der Waals surface area contributed by atoms with Gasteiger partial charge in [0.05, 0.1) is 11.7 Å². The molecule has 0 radical (unpaired) electrons. The molecule has 1 aromatic heterocycles. The van der Waals surface area contributed by atoms with Crippen LogP contribution in [0.4, 0.5) is 19.0 Å². The smallest absolute Gasteiger partial charge is 0.388 e. The monoisotopic (exact) mass is 296 g/mol. The summed E-state index contributed by atoms with van der Waals surface area (Å²) in [6.45, 7) is 1.77. The molecule has 1 unspecified atom stereocenters. The fraction of sp³-hybridized carbons (Fsp3) is 0.267. The molecule has 0 spiro atoms. The van der Waals surface area contributed by atoms with Crippen LogP contribution in [0.5, 0.6) is 0 Å². The third-order valence-electron chi connectivity index (χ3n) is 3.26. The Balaban J connectivity index is 2.26. The number of nitrogens with zero attached hydrogens (tertiary/aromatic N) is 1. The van der Waals surface area contributed by atoms with E-state index in [1.54, 1.807) is 19.1 Å². The number of nitrogen functional groups attached to an aromatic ring is 1. The van der Waals surface area contributed by atoms with E-state index in [2.05, 4.69) is 4.98 Å². The first-order valence-electron chi connectivity index (χ1n) is 6.34. The molecule has 112 valence electrons. The lowest BCUT2D eigenvalue weighted by Crippen LogP contribution is -2.10. The quantitative estimate of drug-likeness (QED) is 0.914. The second kappa shape index (κ2) is 5.73. The summed E-state index contributed by atoms with van der Waals surface area (Å²) >= 11 is 0. The molecule has 1 aromatic carbocycles. The van der Waals surface area contributed by atoms with E-state index in [9.17, 15) is 18.3 Å². The van der Waals surface area contributed by atoms with Crippen molar-refractivity contribution < 1.29 is 18.3 Å². The van der Waals surface area contributed by atoms with Crippen molar-refractivity contribution in [3.05, 3.63) is 58.8 Å². The minimum Gasteiger partial charge on any atom is -0.388 e. The Labute approximate surface area is 120 Å². The van der Waals surface area contributed by atoms with Gasteiger partial charge in [0.1, 0.15) is 5.82 Å². The standard InChI is InChI=1S/C15H15F3N2O/c1-9-5-6-20-14(19)13(9)12(21)8-10-3-2-4-11(7-10)15(16,17)18/h2-7,12,21H,8H2,1H3,(H2,19,20). The van der Waals surface area contributed by atoms with Crippen LogP contribution >= 0.6 is 0 Å². The molecule has 2 rings (SSSR count). The van der Waals surface area contributed by atoms with Crippen molar-refractivity contribution in [1.29, 1.82) is 0 Å². The lowest BCUT2D eigenvalue weighted by Gasteiger charge is -2.16. The summed E-state index contributed by atoms with van der Waals surface area (Å²) < 4.78 is 38.0. The second-order valence-electron chi connectivity index (χ2n) is 4.84. The van der Waals surface area contributed by atoms with E-state index in [1.165, 1.54) is 12.3 Å². The Bertz CT molecular complexity index is 621. The highest BCUT2D eigenvalue weighted by Gasteiger charge is 2.30. The second-order valence-corrected chi connectivity index (χ2v) is 4.84. The van der Waals surface area contributed by atoms with Gasteiger partial charge in [0, 0.05) is 18.2 Å². The van der Waals surface area contributed by atoms with E-state index in [1.807, 2.05) is 0 Å². The number of hydrogen-bond donors (Lipinski definition) is 2. The number of aromatic nitrogens is 1. The molecule has 0 aliphatic carbocycles. The summed E-state index contributed by atoms with van der Waals surface area (Å²) in [4.78, 5) is 3.90. The Hall–Kier alpha value is -2.08. The molecule has 0 bridgehead atoms. The first-order valence-corrected chi connectivity index (χ1v) is 6.34. The molecule has 6 heteroatoms. The first kappa shape index (κ1) is 15.3. The minimum atomic E-state index is -4.40. The normalized spacial score (nSPS) is 13.2. The number of anilines is 1. The summed E-state index contributed by atoms with van der Waals surface area (Å²) in [5.41, 5.74) is 6.59. The Morgan fingerprint density at radius 3 is 2.62 bits per heavy atom. The number of halogens is 3. The van der Waals surface area contributed by atoms with Crippen LogP contribution in [-0.2, 0) is 12.6 Å². The lowest BCUT2D eigenvalue weighted by atomic mass is 9.97. The molecule has 1 atom stereocenters. The molecule has 21 heavy (non-hydrogen) atoms. The van der Waals surface area contributed by atoms with E-state index in [0.29, 0.717) is 11.1 Å². The summed E-state index contributed by atoms with van der Waals surface area (Å²) in [7, 11) is 0. The van der Waals surface area contributed by atoms with Crippen LogP contribution in [0, 0.1) is 6.92 Å². The van der Waals surface area contributed by atoms with Crippen LogP contribution in [0.2, 0.25) is 0 Å². The fourth-order valence-corrected chi connectivity index (χ4v) is 2.22. The Kier molecular flexibility index (Phi) is 4.18. The van der Waals surface area contributed by atoms with Crippen LogP contribution in [0.1, 0.15) is 28.4 Å². The highest BCUT2D eigenvalue weighted by molar-refractivity contribution is 5.46. The number of nitrogens with two attached hydrogens (primary N) is 1. The summed E-state index contributed by atoms with van der Waals surface area (Å²) in [6.07, 6.45) is -3.84. The summed E-state index contributed by atoms with van der Waals surface area (Å²) in [5.74, 6) is 0.189. The molecule has 1 heterocycles. The third-order valence-corrected chi connectivity index (χ3v) is 3.26. The Morgan fingerprint density at radius 1 is 1.29 bits per heavy atom. The maximum atomic E-state index is 12.7. The van der Waals surface area contributed by atoms with Gasteiger partial charge in [-0.15, -0.1) is 0 Å². The number of aliphatic hydroxyl groups excluding tert-OH is 1. The topological polar surface area (TPSA) is 59.1 Å². The van der Waals surface area contributed by atoms with Crippen LogP contribution in [0.15, 0.2) is 36.5 Å².